The van der Waals surface area contributed by atoms with Crippen LogP contribution in [0.3, 0.4) is 0 Å². The number of unbranched alkanes of at least 4 members (excludes halogenated alkanes) is 9. The molecule has 0 saturated carbocycles. The first-order valence-electron chi connectivity index (χ1n) is 14.7. The van der Waals surface area contributed by atoms with Gasteiger partial charge in [-0.15, -0.1) is 0 Å². The third-order valence-electron chi connectivity index (χ3n) is 7.75. The molecule has 2 aromatic rings. The number of likely N-dealkylation sites (tertiary alicyclic amines) is 1. The van der Waals surface area contributed by atoms with Gasteiger partial charge in [0, 0.05) is 12.1 Å². The smallest absolute Gasteiger partial charge is 0.295 e. The van der Waals surface area contributed by atoms with Gasteiger partial charge in [-0.05, 0) is 47.2 Å². The summed E-state index contributed by atoms with van der Waals surface area (Å²) in [5.41, 5.74) is 2.64. The maximum Gasteiger partial charge on any atom is 0.295 e. The first-order valence-corrected chi connectivity index (χ1v) is 14.7. The number of rotatable bonds is 14. The number of aliphatic hydroxyl groups is 1. The van der Waals surface area contributed by atoms with Crippen LogP contribution in [-0.2, 0) is 15.0 Å². The first kappa shape index (κ1) is 30.5. The Morgan fingerprint density at radius 1 is 0.821 bits per heavy atom. The van der Waals surface area contributed by atoms with E-state index in [-0.39, 0.29) is 16.7 Å². The fourth-order valence-electron chi connectivity index (χ4n) is 5.30. The summed E-state index contributed by atoms with van der Waals surface area (Å²) in [6, 6.07) is 14.4. The number of carbonyl (C=O) groups is 2. The Morgan fingerprint density at radius 2 is 1.36 bits per heavy atom. The van der Waals surface area contributed by atoms with E-state index in [2.05, 4.69) is 39.8 Å². The Balaban J connectivity index is 1.79. The van der Waals surface area contributed by atoms with E-state index in [9.17, 15) is 14.7 Å². The number of ketones is 1. The zero-order valence-corrected chi connectivity index (χ0v) is 24.6. The highest BCUT2D eigenvalue weighted by Crippen LogP contribution is 2.40. The second-order valence-corrected chi connectivity index (χ2v) is 11.8. The molecular formula is C34H47NO4. The van der Waals surface area contributed by atoms with Crippen LogP contribution in [0, 0.1) is 0 Å². The van der Waals surface area contributed by atoms with Crippen LogP contribution in [0.5, 0.6) is 5.75 Å². The number of amides is 1. The third-order valence-corrected chi connectivity index (χ3v) is 7.75. The number of nitrogens with zero attached hydrogens (tertiary/aromatic N) is 1. The van der Waals surface area contributed by atoms with Crippen molar-refractivity contribution >= 4 is 17.4 Å². The van der Waals surface area contributed by atoms with Crippen LogP contribution in [0.4, 0.5) is 0 Å². The van der Waals surface area contributed by atoms with Gasteiger partial charge in [-0.2, -0.15) is 0 Å². The van der Waals surface area contributed by atoms with Crippen LogP contribution in [0.15, 0.2) is 54.1 Å². The summed E-state index contributed by atoms with van der Waals surface area (Å²) in [6.45, 7) is 9.20. The van der Waals surface area contributed by atoms with Gasteiger partial charge in [-0.3, -0.25) is 9.59 Å². The lowest BCUT2D eigenvalue weighted by molar-refractivity contribution is -0.139. The average Bonchev–Trinajstić information content (AvgIpc) is 3.18. The van der Waals surface area contributed by atoms with Crippen LogP contribution in [0.1, 0.15) is 115 Å². The first-order chi connectivity index (χ1) is 18.7. The number of Topliss-reactive ketones (excluding diaryl/α,β-unsaturated/α-hetero) is 1. The second kappa shape index (κ2) is 14.3. The molecule has 0 bridgehead atoms. The summed E-state index contributed by atoms with van der Waals surface area (Å²) < 4.78 is 5.23. The molecule has 1 atom stereocenters. The highest BCUT2D eigenvalue weighted by atomic mass is 16.5. The number of aliphatic hydroxyl groups excluding tert-OH is 1. The van der Waals surface area contributed by atoms with Gasteiger partial charge in [0.1, 0.15) is 11.5 Å². The van der Waals surface area contributed by atoms with Crippen molar-refractivity contribution in [3.05, 3.63) is 70.8 Å². The van der Waals surface area contributed by atoms with Crippen molar-refractivity contribution in [2.24, 2.45) is 0 Å². The van der Waals surface area contributed by atoms with E-state index in [0.717, 1.165) is 24.8 Å². The molecule has 0 radical (unpaired) electrons. The fraction of sp³-hybridized carbons (Fsp3) is 0.529. The van der Waals surface area contributed by atoms with Crippen LogP contribution in [0.2, 0.25) is 0 Å². The van der Waals surface area contributed by atoms with Gasteiger partial charge in [0.2, 0.25) is 0 Å². The zero-order valence-electron chi connectivity index (χ0n) is 24.6. The summed E-state index contributed by atoms with van der Waals surface area (Å²) in [5.74, 6) is -0.653. The van der Waals surface area contributed by atoms with Crippen molar-refractivity contribution in [1.29, 1.82) is 0 Å². The summed E-state index contributed by atoms with van der Waals surface area (Å²) in [5, 5.41) is 11.3. The molecule has 1 aliphatic rings. The number of benzene rings is 2. The number of ether oxygens (including phenoxy) is 1. The molecule has 1 saturated heterocycles. The van der Waals surface area contributed by atoms with Gasteiger partial charge in [0.05, 0.1) is 18.7 Å². The Hall–Kier alpha value is -3.08. The molecule has 0 aromatic heterocycles. The maximum absolute atomic E-state index is 13.3. The molecule has 2 aromatic carbocycles. The van der Waals surface area contributed by atoms with Gasteiger partial charge >= 0.3 is 0 Å². The van der Waals surface area contributed by atoms with E-state index in [1.807, 2.05) is 12.1 Å². The zero-order chi connectivity index (χ0) is 28.4. The van der Waals surface area contributed by atoms with E-state index >= 15 is 0 Å². The number of methoxy groups -OCH3 is 1. The monoisotopic (exact) mass is 533 g/mol. The van der Waals surface area contributed by atoms with Crippen molar-refractivity contribution in [3.63, 3.8) is 0 Å². The quantitative estimate of drug-likeness (QED) is 0.115. The molecule has 0 spiro atoms. The molecule has 3 rings (SSSR count). The lowest BCUT2D eigenvalue weighted by Crippen LogP contribution is -2.30. The van der Waals surface area contributed by atoms with Crippen LogP contribution in [0.25, 0.3) is 5.76 Å². The minimum absolute atomic E-state index is 0.0144. The molecule has 1 N–H and O–H groups in total. The molecule has 1 aliphatic heterocycles. The number of hydrogen-bond donors (Lipinski definition) is 1. The Kier molecular flexibility index (Phi) is 11.2. The van der Waals surface area contributed by atoms with Gasteiger partial charge in [-0.1, -0.05) is 110 Å². The predicted octanol–water partition coefficient (Wildman–Crippen LogP) is 8.34. The van der Waals surface area contributed by atoms with E-state index < -0.39 is 17.7 Å². The maximum atomic E-state index is 13.3. The molecule has 39 heavy (non-hydrogen) atoms. The van der Waals surface area contributed by atoms with E-state index in [4.69, 9.17) is 4.74 Å². The molecule has 1 fully saturated rings. The molecule has 5 heteroatoms. The minimum atomic E-state index is -0.625. The molecule has 0 aliphatic carbocycles. The average molecular weight is 534 g/mol. The standard InChI is InChI=1S/C34H47NO4/c1-6-7-8-9-10-11-12-13-14-15-24-35-30(25-16-20-27(21-17-25)34(2,3)4)29(32(37)33(35)38)31(36)26-18-22-28(39-5)23-19-26/h16-23,30,36H,6-15,24H2,1-5H3/t30-/m0/s1. The molecule has 212 valence electrons. The van der Waals surface area contributed by atoms with Crippen molar-refractivity contribution in [2.75, 3.05) is 13.7 Å². The van der Waals surface area contributed by atoms with Crippen molar-refractivity contribution < 1.29 is 19.4 Å². The highest BCUT2D eigenvalue weighted by molar-refractivity contribution is 6.46. The van der Waals surface area contributed by atoms with Gasteiger partial charge in [0.25, 0.3) is 11.7 Å². The van der Waals surface area contributed by atoms with Crippen LogP contribution >= 0.6 is 0 Å². The molecular weight excluding hydrogens is 486 g/mol. The van der Waals surface area contributed by atoms with E-state index in [1.54, 1.807) is 36.3 Å². The Morgan fingerprint density at radius 3 is 1.87 bits per heavy atom. The van der Waals surface area contributed by atoms with Crippen LogP contribution in [-0.4, -0.2) is 35.4 Å². The van der Waals surface area contributed by atoms with Gasteiger partial charge < -0.3 is 14.7 Å². The lowest BCUT2D eigenvalue weighted by Gasteiger charge is -2.26. The normalized spacial score (nSPS) is 17.2. The Labute approximate surface area is 235 Å². The topological polar surface area (TPSA) is 66.8 Å². The lowest BCUT2D eigenvalue weighted by atomic mass is 9.85. The molecule has 5 nitrogen and oxygen atoms in total. The van der Waals surface area contributed by atoms with Crippen molar-refractivity contribution in [3.8, 4) is 5.75 Å². The predicted molar refractivity (Wildman–Crippen MR) is 159 cm³/mol. The van der Waals surface area contributed by atoms with E-state index in [1.165, 1.54) is 50.5 Å². The summed E-state index contributed by atoms with van der Waals surface area (Å²) in [6.07, 6.45) is 12.0. The second-order valence-electron chi connectivity index (χ2n) is 11.8. The number of hydrogen-bond acceptors (Lipinski definition) is 4. The van der Waals surface area contributed by atoms with Crippen molar-refractivity contribution in [1.82, 2.24) is 4.90 Å². The molecule has 0 unspecified atom stereocenters. The largest absolute Gasteiger partial charge is 0.507 e. The molecule has 1 heterocycles. The Bertz CT molecular complexity index is 1110. The van der Waals surface area contributed by atoms with E-state index in [0.29, 0.717) is 17.9 Å². The van der Waals surface area contributed by atoms with Crippen LogP contribution < -0.4 is 4.74 Å². The molecule has 1 amide bonds. The minimum Gasteiger partial charge on any atom is -0.507 e. The fourth-order valence-corrected chi connectivity index (χ4v) is 5.30. The van der Waals surface area contributed by atoms with Gasteiger partial charge in [0.15, 0.2) is 0 Å². The summed E-state index contributed by atoms with van der Waals surface area (Å²) >= 11 is 0. The third kappa shape index (κ3) is 7.97. The summed E-state index contributed by atoms with van der Waals surface area (Å²) in [7, 11) is 1.58. The van der Waals surface area contributed by atoms with Gasteiger partial charge in [-0.25, -0.2) is 0 Å². The summed E-state index contributed by atoms with van der Waals surface area (Å²) in [4.78, 5) is 28.2. The van der Waals surface area contributed by atoms with Crippen molar-refractivity contribution in [2.45, 2.75) is 103 Å². The highest BCUT2D eigenvalue weighted by Gasteiger charge is 2.45. The SMILES string of the molecule is CCCCCCCCCCCCN1C(=O)C(=O)C(=C(O)c2ccc(OC)cc2)[C@@H]1c1ccc(C(C)(C)C)cc1. The number of carbonyl (C=O) groups excluding carboxylic acids is 2.